The van der Waals surface area contributed by atoms with Gasteiger partial charge < -0.3 is 10.1 Å². The molecule has 0 saturated carbocycles. The van der Waals surface area contributed by atoms with Gasteiger partial charge in [0.1, 0.15) is 12.3 Å². The van der Waals surface area contributed by atoms with Crippen LogP contribution in [0.2, 0.25) is 0 Å². The van der Waals surface area contributed by atoms with Gasteiger partial charge in [0.05, 0.1) is 22.1 Å². The van der Waals surface area contributed by atoms with Crippen molar-refractivity contribution in [2.45, 2.75) is 30.6 Å². The Kier molecular flexibility index (Phi) is 8.89. The first-order valence-electron chi connectivity index (χ1n) is 12.5. The minimum absolute atomic E-state index is 0.0246. The van der Waals surface area contributed by atoms with Gasteiger partial charge in [0.15, 0.2) is 0 Å². The van der Waals surface area contributed by atoms with E-state index in [9.17, 15) is 21.6 Å². The fraction of sp³-hybridized carbons (Fsp3) is 0.179. The Labute approximate surface area is 239 Å². The molecule has 0 unspecified atom stereocenters. The Morgan fingerprint density at radius 3 is 2.02 bits per heavy atom. The van der Waals surface area contributed by atoms with Crippen molar-refractivity contribution in [1.29, 1.82) is 0 Å². The van der Waals surface area contributed by atoms with E-state index in [0.717, 1.165) is 4.31 Å². The second-order valence-electron chi connectivity index (χ2n) is 8.90. The molecule has 0 aliphatic rings. The third-order valence-electron chi connectivity index (χ3n) is 5.71. The number of sulfonamides is 2. The second-order valence-corrected chi connectivity index (χ2v) is 12.4. The molecule has 0 saturated heterocycles. The van der Waals surface area contributed by atoms with Crippen molar-refractivity contribution in [3.8, 4) is 5.75 Å². The normalized spacial score (nSPS) is 11.5. The predicted octanol–water partition coefficient (Wildman–Crippen LogP) is 4.13. The molecule has 1 aromatic heterocycles. The molecule has 0 fully saturated rings. The molecular weight excluding hydrogens is 566 g/mol. The molecule has 11 nitrogen and oxygen atoms in total. The molecule has 1 amide bonds. The van der Waals surface area contributed by atoms with Crippen LogP contribution in [-0.4, -0.2) is 45.9 Å². The SMILES string of the molecule is CCOc1ccc(N(CC(=O)Nc2ccc(S(=O)(=O)Nc3nc(C)cc(C)n3)cc2)S(=O)(=O)c2ccccc2)cc1. The molecule has 0 bridgehead atoms. The van der Waals surface area contributed by atoms with Gasteiger partial charge in [-0.1, -0.05) is 18.2 Å². The van der Waals surface area contributed by atoms with Gasteiger partial charge in [0.25, 0.3) is 20.0 Å². The molecule has 0 aliphatic carbocycles. The summed E-state index contributed by atoms with van der Waals surface area (Å²) in [5.41, 5.74) is 1.78. The van der Waals surface area contributed by atoms with Gasteiger partial charge in [0, 0.05) is 17.1 Å². The number of aromatic nitrogens is 2. The smallest absolute Gasteiger partial charge is 0.264 e. The molecule has 0 radical (unpaired) electrons. The maximum Gasteiger partial charge on any atom is 0.264 e. The summed E-state index contributed by atoms with van der Waals surface area (Å²) < 4.78 is 61.4. The van der Waals surface area contributed by atoms with Gasteiger partial charge in [-0.25, -0.2) is 31.5 Å². The first-order chi connectivity index (χ1) is 19.5. The van der Waals surface area contributed by atoms with Crippen molar-refractivity contribution in [3.63, 3.8) is 0 Å². The highest BCUT2D eigenvalue weighted by molar-refractivity contribution is 7.93. The maximum atomic E-state index is 13.5. The molecule has 0 atom stereocenters. The molecular formula is C28H29N5O6S2. The van der Waals surface area contributed by atoms with Gasteiger partial charge in [-0.05, 0) is 87.5 Å². The van der Waals surface area contributed by atoms with E-state index >= 15 is 0 Å². The zero-order chi connectivity index (χ0) is 29.6. The molecule has 214 valence electrons. The lowest BCUT2D eigenvalue weighted by molar-refractivity contribution is -0.114. The summed E-state index contributed by atoms with van der Waals surface area (Å²) in [6.45, 7) is 5.21. The molecule has 41 heavy (non-hydrogen) atoms. The highest BCUT2D eigenvalue weighted by Crippen LogP contribution is 2.26. The number of benzene rings is 3. The van der Waals surface area contributed by atoms with E-state index in [0.29, 0.717) is 23.7 Å². The number of nitrogens with zero attached hydrogens (tertiary/aromatic N) is 3. The Hall–Kier alpha value is -4.49. The zero-order valence-corrected chi connectivity index (χ0v) is 24.2. The average molecular weight is 596 g/mol. The number of aryl methyl sites for hydroxylation is 2. The number of hydrogen-bond acceptors (Lipinski definition) is 8. The van der Waals surface area contributed by atoms with E-state index in [4.69, 9.17) is 4.74 Å². The van der Waals surface area contributed by atoms with Gasteiger partial charge in [0.2, 0.25) is 11.9 Å². The van der Waals surface area contributed by atoms with Crippen molar-refractivity contribution in [1.82, 2.24) is 9.97 Å². The summed E-state index contributed by atoms with van der Waals surface area (Å²) in [4.78, 5) is 21.2. The molecule has 1 heterocycles. The van der Waals surface area contributed by atoms with Gasteiger partial charge >= 0.3 is 0 Å². The van der Waals surface area contributed by atoms with E-state index in [1.165, 1.54) is 36.4 Å². The number of anilines is 3. The average Bonchev–Trinajstić information content (AvgIpc) is 2.92. The van der Waals surface area contributed by atoms with Crippen LogP contribution in [0.3, 0.4) is 0 Å². The third kappa shape index (κ3) is 7.38. The lowest BCUT2D eigenvalue weighted by Crippen LogP contribution is -2.38. The van der Waals surface area contributed by atoms with Crippen LogP contribution in [-0.2, 0) is 24.8 Å². The number of hydrogen-bond donors (Lipinski definition) is 2. The number of ether oxygens (including phenoxy) is 1. The number of rotatable bonds is 11. The van der Waals surface area contributed by atoms with E-state index in [2.05, 4.69) is 20.0 Å². The van der Waals surface area contributed by atoms with Crippen molar-refractivity contribution in [2.24, 2.45) is 0 Å². The molecule has 2 N–H and O–H groups in total. The summed E-state index contributed by atoms with van der Waals surface area (Å²) in [7, 11) is -8.09. The molecule has 4 rings (SSSR count). The Morgan fingerprint density at radius 2 is 1.44 bits per heavy atom. The molecule has 0 aliphatic heterocycles. The molecule has 4 aromatic rings. The van der Waals surface area contributed by atoms with Crippen LogP contribution in [0.5, 0.6) is 5.75 Å². The Bertz CT molecular complexity index is 1710. The number of carbonyl (C=O) groups excluding carboxylic acids is 1. The van der Waals surface area contributed by atoms with Gasteiger partial charge in [-0.3, -0.25) is 9.10 Å². The van der Waals surface area contributed by atoms with E-state index < -0.39 is 32.5 Å². The third-order valence-corrected chi connectivity index (χ3v) is 8.84. The number of carbonyl (C=O) groups is 1. The predicted molar refractivity (Wildman–Crippen MR) is 156 cm³/mol. The summed E-state index contributed by atoms with van der Waals surface area (Å²) in [5, 5.41) is 2.63. The first kappa shape index (κ1) is 29.5. The molecule has 0 spiro atoms. The number of nitrogens with one attached hydrogen (secondary N) is 2. The second kappa shape index (κ2) is 12.4. The minimum Gasteiger partial charge on any atom is -0.494 e. The van der Waals surface area contributed by atoms with E-state index in [1.54, 1.807) is 62.4 Å². The standard InChI is InChI=1S/C28H29N5O6S2/c1-4-39-24-14-12-23(13-15-24)33(41(37,38)26-8-6-5-7-9-26)19-27(34)31-22-10-16-25(17-11-22)40(35,36)32-28-29-20(2)18-21(3)30-28/h5-18H,4,19H2,1-3H3,(H,31,34)(H,29,30,32). The van der Waals surface area contributed by atoms with Crippen LogP contribution in [0.15, 0.2) is 94.7 Å². The fourth-order valence-electron chi connectivity index (χ4n) is 3.91. The van der Waals surface area contributed by atoms with Crippen LogP contribution < -0.4 is 19.1 Å². The molecule has 3 aromatic carbocycles. The van der Waals surface area contributed by atoms with Crippen LogP contribution in [0.1, 0.15) is 18.3 Å². The Morgan fingerprint density at radius 1 is 0.829 bits per heavy atom. The van der Waals surface area contributed by atoms with Crippen molar-refractivity contribution < 1.29 is 26.4 Å². The lowest BCUT2D eigenvalue weighted by atomic mass is 10.3. The summed E-state index contributed by atoms with van der Waals surface area (Å²) in [6, 6.07) is 21.3. The lowest BCUT2D eigenvalue weighted by Gasteiger charge is -2.24. The van der Waals surface area contributed by atoms with Gasteiger partial charge in [-0.2, -0.15) is 0 Å². The molecule has 13 heteroatoms. The largest absolute Gasteiger partial charge is 0.494 e. The van der Waals surface area contributed by atoms with Crippen molar-refractivity contribution in [3.05, 3.63) is 96.3 Å². The topological polar surface area (TPSA) is 148 Å². The monoisotopic (exact) mass is 595 g/mol. The van der Waals surface area contributed by atoms with Crippen molar-refractivity contribution >= 4 is 43.3 Å². The maximum absolute atomic E-state index is 13.5. The zero-order valence-electron chi connectivity index (χ0n) is 22.6. The Balaban J connectivity index is 1.52. The van der Waals surface area contributed by atoms with Crippen LogP contribution >= 0.6 is 0 Å². The first-order valence-corrected chi connectivity index (χ1v) is 15.5. The number of amides is 1. The highest BCUT2D eigenvalue weighted by Gasteiger charge is 2.27. The van der Waals surface area contributed by atoms with E-state index in [1.807, 2.05) is 6.92 Å². The van der Waals surface area contributed by atoms with Crippen LogP contribution in [0.4, 0.5) is 17.3 Å². The summed E-state index contributed by atoms with van der Waals surface area (Å²) in [5.74, 6) is -0.115. The van der Waals surface area contributed by atoms with Gasteiger partial charge in [-0.15, -0.1) is 0 Å². The minimum atomic E-state index is -4.10. The fourth-order valence-corrected chi connectivity index (χ4v) is 6.30. The quantitative estimate of drug-likeness (QED) is 0.263. The summed E-state index contributed by atoms with van der Waals surface area (Å²) >= 11 is 0. The van der Waals surface area contributed by atoms with Crippen molar-refractivity contribution in [2.75, 3.05) is 27.5 Å². The highest BCUT2D eigenvalue weighted by atomic mass is 32.2. The van der Waals surface area contributed by atoms with Crippen LogP contribution in [0, 0.1) is 13.8 Å². The van der Waals surface area contributed by atoms with E-state index in [-0.39, 0.29) is 27.1 Å². The summed E-state index contributed by atoms with van der Waals surface area (Å²) in [6.07, 6.45) is 0. The van der Waals surface area contributed by atoms with Crippen LogP contribution in [0.25, 0.3) is 0 Å².